The lowest BCUT2D eigenvalue weighted by Crippen LogP contribution is -2.43. The van der Waals surface area contributed by atoms with Crippen LogP contribution in [0.1, 0.15) is 30.6 Å². The van der Waals surface area contributed by atoms with E-state index >= 15 is 0 Å². The number of aryl methyl sites for hydroxylation is 1. The average molecular weight is 306 g/mol. The molecule has 0 aliphatic carbocycles. The van der Waals surface area contributed by atoms with E-state index in [2.05, 4.69) is 27.1 Å². The Morgan fingerprint density at radius 1 is 1.52 bits per heavy atom. The third-order valence-corrected chi connectivity index (χ3v) is 4.47. The summed E-state index contributed by atoms with van der Waals surface area (Å²) in [5, 5.41) is 8.25. The summed E-state index contributed by atoms with van der Waals surface area (Å²) >= 11 is 1.69. The van der Waals surface area contributed by atoms with Crippen LogP contribution < -0.4 is 10.6 Å². The molecule has 2 aromatic heterocycles. The Labute approximate surface area is 129 Å². The number of nitrogens with one attached hydrogen (secondary N) is 2. The summed E-state index contributed by atoms with van der Waals surface area (Å²) in [6, 6.07) is 4.11. The fourth-order valence-corrected chi connectivity index (χ4v) is 3.00. The highest BCUT2D eigenvalue weighted by molar-refractivity contribution is 7.10. The van der Waals surface area contributed by atoms with Crippen LogP contribution in [0.5, 0.6) is 0 Å². The van der Waals surface area contributed by atoms with Crippen molar-refractivity contribution in [3.8, 4) is 0 Å². The molecule has 5 nitrogen and oxygen atoms in total. The van der Waals surface area contributed by atoms with Gasteiger partial charge in [-0.3, -0.25) is 4.79 Å². The SMILES string of the molecule is CNC(=O)C(C)(C)CNC(c1cccs1)c1nccn1C. The van der Waals surface area contributed by atoms with Crippen molar-refractivity contribution < 1.29 is 4.79 Å². The second-order valence-corrected chi connectivity index (χ2v) is 6.67. The first-order valence-corrected chi connectivity index (χ1v) is 7.80. The van der Waals surface area contributed by atoms with Gasteiger partial charge in [0.05, 0.1) is 5.41 Å². The number of rotatable bonds is 6. The molecule has 21 heavy (non-hydrogen) atoms. The topological polar surface area (TPSA) is 59.0 Å². The van der Waals surface area contributed by atoms with Crippen LogP contribution in [0, 0.1) is 5.41 Å². The van der Waals surface area contributed by atoms with Gasteiger partial charge in [-0.15, -0.1) is 11.3 Å². The van der Waals surface area contributed by atoms with Crippen molar-refractivity contribution in [2.75, 3.05) is 13.6 Å². The molecule has 0 aliphatic rings. The van der Waals surface area contributed by atoms with Crippen LogP contribution in [-0.2, 0) is 11.8 Å². The van der Waals surface area contributed by atoms with Crippen molar-refractivity contribution in [2.24, 2.45) is 12.5 Å². The van der Waals surface area contributed by atoms with Gasteiger partial charge >= 0.3 is 0 Å². The Morgan fingerprint density at radius 3 is 2.81 bits per heavy atom. The third kappa shape index (κ3) is 3.51. The number of imidazole rings is 1. The molecular formula is C15H22N4OS. The van der Waals surface area contributed by atoms with Gasteiger partial charge in [-0.05, 0) is 25.3 Å². The highest BCUT2D eigenvalue weighted by atomic mass is 32.1. The van der Waals surface area contributed by atoms with Gasteiger partial charge in [0.15, 0.2) is 0 Å². The van der Waals surface area contributed by atoms with E-state index in [1.54, 1.807) is 24.6 Å². The van der Waals surface area contributed by atoms with Crippen molar-refractivity contribution in [1.82, 2.24) is 20.2 Å². The van der Waals surface area contributed by atoms with E-state index in [-0.39, 0.29) is 11.9 Å². The largest absolute Gasteiger partial charge is 0.359 e. The van der Waals surface area contributed by atoms with Gasteiger partial charge in [-0.1, -0.05) is 6.07 Å². The predicted molar refractivity (Wildman–Crippen MR) is 85.2 cm³/mol. The molecule has 1 atom stereocenters. The second-order valence-electron chi connectivity index (χ2n) is 5.69. The number of thiophene rings is 1. The van der Waals surface area contributed by atoms with E-state index in [4.69, 9.17) is 0 Å². The summed E-state index contributed by atoms with van der Waals surface area (Å²) in [4.78, 5) is 17.6. The summed E-state index contributed by atoms with van der Waals surface area (Å²) < 4.78 is 2.00. The van der Waals surface area contributed by atoms with E-state index in [9.17, 15) is 4.79 Å². The number of carbonyl (C=O) groups excluding carboxylic acids is 1. The van der Waals surface area contributed by atoms with Crippen LogP contribution in [0.2, 0.25) is 0 Å². The van der Waals surface area contributed by atoms with Gasteiger partial charge in [-0.25, -0.2) is 4.98 Å². The van der Waals surface area contributed by atoms with Crippen LogP contribution in [0.25, 0.3) is 0 Å². The van der Waals surface area contributed by atoms with Crippen molar-refractivity contribution in [1.29, 1.82) is 0 Å². The molecule has 0 saturated heterocycles. The standard InChI is InChI=1S/C15H22N4OS/c1-15(2,14(20)16-3)10-18-12(11-6-5-9-21-11)13-17-7-8-19(13)4/h5-9,12,18H,10H2,1-4H3,(H,16,20). The summed E-state index contributed by atoms with van der Waals surface area (Å²) in [5.74, 6) is 0.977. The molecule has 2 rings (SSSR count). The predicted octanol–water partition coefficient (Wildman–Crippen LogP) is 1.93. The Hall–Kier alpha value is -1.66. The summed E-state index contributed by atoms with van der Waals surface area (Å²) in [6.45, 7) is 4.44. The van der Waals surface area contributed by atoms with Crippen molar-refractivity contribution >= 4 is 17.2 Å². The number of carbonyl (C=O) groups is 1. The van der Waals surface area contributed by atoms with Crippen LogP contribution in [0.4, 0.5) is 0 Å². The Bertz CT molecular complexity index is 589. The first-order chi connectivity index (χ1) is 9.95. The molecular weight excluding hydrogens is 284 g/mol. The van der Waals surface area contributed by atoms with Crippen LogP contribution in [0.15, 0.2) is 29.9 Å². The molecule has 2 N–H and O–H groups in total. The molecule has 0 aromatic carbocycles. The highest BCUT2D eigenvalue weighted by Crippen LogP contribution is 2.26. The minimum atomic E-state index is -0.477. The maximum atomic E-state index is 11.9. The van der Waals surface area contributed by atoms with Crippen LogP contribution >= 0.6 is 11.3 Å². The van der Waals surface area contributed by atoms with Crippen LogP contribution in [0.3, 0.4) is 0 Å². The van der Waals surface area contributed by atoms with Crippen molar-refractivity contribution in [3.63, 3.8) is 0 Å². The smallest absolute Gasteiger partial charge is 0.226 e. The summed E-state index contributed by atoms with van der Waals surface area (Å²) in [7, 11) is 3.65. The number of hydrogen-bond donors (Lipinski definition) is 2. The van der Waals surface area contributed by atoms with Gasteiger partial charge < -0.3 is 15.2 Å². The van der Waals surface area contributed by atoms with E-state index in [1.165, 1.54) is 4.88 Å². The van der Waals surface area contributed by atoms with Gasteiger partial charge in [0.2, 0.25) is 5.91 Å². The van der Waals surface area contributed by atoms with Gasteiger partial charge in [-0.2, -0.15) is 0 Å². The molecule has 0 bridgehead atoms. The number of amides is 1. The lowest BCUT2D eigenvalue weighted by molar-refractivity contribution is -0.128. The number of hydrogen-bond acceptors (Lipinski definition) is 4. The number of nitrogens with zero attached hydrogens (tertiary/aromatic N) is 2. The second kappa shape index (κ2) is 6.41. The Balaban J connectivity index is 2.19. The molecule has 0 saturated carbocycles. The zero-order chi connectivity index (χ0) is 15.5. The van der Waals surface area contributed by atoms with Gasteiger partial charge in [0.25, 0.3) is 0 Å². The zero-order valence-electron chi connectivity index (χ0n) is 12.9. The Morgan fingerprint density at radius 2 is 2.29 bits per heavy atom. The molecule has 114 valence electrons. The number of aromatic nitrogens is 2. The fraction of sp³-hybridized carbons (Fsp3) is 0.467. The molecule has 2 aromatic rings. The lowest BCUT2D eigenvalue weighted by Gasteiger charge is -2.26. The first kappa shape index (κ1) is 15.7. The van der Waals surface area contributed by atoms with Gasteiger partial charge in [0.1, 0.15) is 11.9 Å². The average Bonchev–Trinajstić information content (AvgIpc) is 3.11. The maximum Gasteiger partial charge on any atom is 0.226 e. The zero-order valence-corrected chi connectivity index (χ0v) is 13.7. The molecule has 0 fully saturated rings. The normalized spacial score (nSPS) is 13.1. The minimum Gasteiger partial charge on any atom is -0.359 e. The lowest BCUT2D eigenvalue weighted by atomic mass is 9.92. The van der Waals surface area contributed by atoms with E-state index in [0.29, 0.717) is 6.54 Å². The van der Waals surface area contributed by atoms with Crippen molar-refractivity contribution in [2.45, 2.75) is 19.9 Å². The summed E-state index contributed by atoms with van der Waals surface area (Å²) in [5.41, 5.74) is -0.477. The molecule has 1 unspecified atom stereocenters. The van der Waals surface area contributed by atoms with Crippen molar-refractivity contribution in [3.05, 3.63) is 40.6 Å². The van der Waals surface area contributed by atoms with E-state index < -0.39 is 5.41 Å². The molecule has 2 heterocycles. The minimum absolute atomic E-state index is 0.00562. The fourth-order valence-electron chi connectivity index (χ4n) is 2.21. The monoisotopic (exact) mass is 306 g/mol. The maximum absolute atomic E-state index is 11.9. The molecule has 0 radical (unpaired) electrons. The first-order valence-electron chi connectivity index (χ1n) is 6.92. The van der Waals surface area contributed by atoms with Crippen LogP contribution in [-0.4, -0.2) is 29.1 Å². The molecule has 6 heteroatoms. The van der Waals surface area contributed by atoms with E-state index in [1.807, 2.05) is 37.7 Å². The van der Waals surface area contributed by atoms with Gasteiger partial charge in [0, 0.05) is 37.9 Å². The summed E-state index contributed by atoms with van der Waals surface area (Å²) in [6.07, 6.45) is 3.73. The molecule has 0 spiro atoms. The Kier molecular flexibility index (Phi) is 4.80. The molecule has 0 aliphatic heterocycles. The third-order valence-electron chi connectivity index (χ3n) is 3.53. The highest BCUT2D eigenvalue weighted by Gasteiger charge is 2.29. The van der Waals surface area contributed by atoms with E-state index in [0.717, 1.165) is 5.82 Å². The molecule has 1 amide bonds. The quantitative estimate of drug-likeness (QED) is 0.857.